The molecular formula is C16H29N3O2. The molecule has 21 heavy (non-hydrogen) atoms. The number of carbonyl (C=O) groups excluding carboxylic acids is 2. The van der Waals surface area contributed by atoms with Gasteiger partial charge < -0.3 is 15.5 Å². The number of hydrogen-bond acceptors (Lipinski definition) is 3. The Kier molecular flexibility index (Phi) is 6.03. The summed E-state index contributed by atoms with van der Waals surface area (Å²) in [5, 5.41) is 6.50. The van der Waals surface area contributed by atoms with Crippen molar-refractivity contribution < 1.29 is 9.59 Å². The maximum absolute atomic E-state index is 12.1. The topological polar surface area (TPSA) is 61.4 Å². The van der Waals surface area contributed by atoms with Crippen LogP contribution >= 0.6 is 0 Å². The number of amides is 2. The van der Waals surface area contributed by atoms with Gasteiger partial charge >= 0.3 is 0 Å². The van der Waals surface area contributed by atoms with E-state index < -0.39 is 0 Å². The average Bonchev–Trinajstić information content (AvgIpc) is 2.48. The maximum atomic E-state index is 12.1. The normalized spacial score (nSPS) is 24.1. The molecule has 0 spiro atoms. The van der Waals surface area contributed by atoms with Gasteiger partial charge in [-0.1, -0.05) is 13.8 Å². The molecule has 1 unspecified atom stereocenters. The average molecular weight is 295 g/mol. The molecule has 2 aliphatic heterocycles. The maximum Gasteiger partial charge on any atom is 0.225 e. The molecule has 0 aromatic carbocycles. The van der Waals surface area contributed by atoms with E-state index in [0.717, 1.165) is 45.4 Å². The van der Waals surface area contributed by atoms with E-state index in [0.29, 0.717) is 12.3 Å². The lowest BCUT2D eigenvalue weighted by molar-refractivity contribution is -0.135. The summed E-state index contributed by atoms with van der Waals surface area (Å²) in [4.78, 5) is 25.9. The summed E-state index contributed by atoms with van der Waals surface area (Å²) in [5.74, 6) is 0.960. The van der Waals surface area contributed by atoms with Gasteiger partial charge in [0.2, 0.25) is 11.8 Å². The van der Waals surface area contributed by atoms with E-state index in [1.807, 2.05) is 18.7 Å². The zero-order chi connectivity index (χ0) is 15.2. The summed E-state index contributed by atoms with van der Waals surface area (Å²) in [7, 11) is 0. The number of nitrogens with one attached hydrogen (secondary N) is 2. The number of hydrogen-bond donors (Lipinski definition) is 2. The van der Waals surface area contributed by atoms with Crippen molar-refractivity contribution >= 4 is 11.8 Å². The minimum Gasteiger partial charge on any atom is -0.353 e. The lowest BCUT2D eigenvalue weighted by Gasteiger charge is -2.33. The first-order chi connectivity index (χ1) is 10.1. The van der Waals surface area contributed by atoms with Gasteiger partial charge in [-0.15, -0.1) is 0 Å². The first kappa shape index (κ1) is 16.3. The van der Waals surface area contributed by atoms with Crippen molar-refractivity contribution in [2.45, 2.75) is 52.0 Å². The van der Waals surface area contributed by atoms with Crippen LogP contribution in [0.4, 0.5) is 0 Å². The van der Waals surface area contributed by atoms with Crippen LogP contribution in [0.15, 0.2) is 0 Å². The highest BCUT2D eigenvalue weighted by molar-refractivity contribution is 5.78. The van der Waals surface area contributed by atoms with E-state index in [1.165, 1.54) is 6.42 Å². The molecule has 2 saturated heterocycles. The van der Waals surface area contributed by atoms with Gasteiger partial charge in [0, 0.05) is 31.5 Å². The number of rotatable bonds is 4. The third-order valence-corrected chi connectivity index (χ3v) is 4.54. The molecule has 0 aromatic heterocycles. The second-order valence-corrected chi connectivity index (χ2v) is 6.74. The summed E-state index contributed by atoms with van der Waals surface area (Å²) < 4.78 is 0. The van der Waals surface area contributed by atoms with Gasteiger partial charge in [0.1, 0.15) is 0 Å². The van der Waals surface area contributed by atoms with Crippen LogP contribution in [0.2, 0.25) is 0 Å². The molecule has 2 aliphatic rings. The first-order valence-electron chi connectivity index (χ1n) is 8.35. The van der Waals surface area contributed by atoms with Gasteiger partial charge in [0.15, 0.2) is 0 Å². The van der Waals surface area contributed by atoms with Crippen LogP contribution < -0.4 is 10.6 Å². The van der Waals surface area contributed by atoms with Crippen LogP contribution in [0.25, 0.3) is 0 Å². The molecule has 2 fully saturated rings. The Hall–Kier alpha value is -1.10. The Morgan fingerprint density at radius 3 is 2.52 bits per heavy atom. The molecule has 0 saturated carbocycles. The van der Waals surface area contributed by atoms with Gasteiger partial charge in [-0.05, 0) is 44.7 Å². The molecule has 120 valence electrons. The smallest absolute Gasteiger partial charge is 0.225 e. The van der Waals surface area contributed by atoms with Crippen molar-refractivity contribution in [3.05, 3.63) is 0 Å². The van der Waals surface area contributed by atoms with Crippen LogP contribution in [0.3, 0.4) is 0 Å². The van der Waals surface area contributed by atoms with Crippen LogP contribution in [-0.2, 0) is 9.59 Å². The molecule has 0 bridgehead atoms. The highest BCUT2D eigenvalue weighted by atomic mass is 16.2. The largest absolute Gasteiger partial charge is 0.353 e. The van der Waals surface area contributed by atoms with E-state index in [4.69, 9.17) is 0 Å². The lowest BCUT2D eigenvalue weighted by Crippen LogP contribution is -2.48. The number of piperidine rings is 2. The third kappa shape index (κ3) is 4.99. The summed E-state index contributed by atoms with van der Waals surface area (Å²) in [6.07, 6.45) is 4.73. The van der Waals surface area contributed by atoms with Gasteiger partial charge in [-0.25, -0.2) is 0 Å². The number of carbonyl (C=O) groups is 2. The third-order valence-electron chi connectivity index (χ3n) is 4.54. The standard InChI is InChI=1S/C16H29N3O2/c1-12(2)16(21)19-8-5-14(6-9-19)18-15(20)10-13-4-3-7-17-11-13/h12-14,17H,3-11H2,1-2H3,(H,18,20). The van der Waals surface area contributed by atoms with Gasteiger partial charge in [-0.3, -0.25) is 9.59 Å². The summed E-state index contributed by atoms with van der Waals surface area (Å²) in [5.41, 5.74) is 0. The predicted molar refractivity (Wildman–Crippen MR) is 82.8 cm³/mol. The van der Waals surface area contributed by atoms with E-state index in [-0.39, 0.29) is 23.8 Å². The lowest BCUT2D eigenvalue weighted by atomic mass is 9.95. The second kappa shape index (κ2) is 7.78. The summed E-state index contributed by atoms with van der Waals surface area (Å²) in [6, 6.07) is 0.241. The molecule has 5 nitrogen and oxygen atoms in total. The zero-order valence-corrected chi connectivity index (χ0v) is 13.4. The van der Waals surface area contributed by atoms with Gasteiger partial charge in [-0.2, -0.15) is 0 Å². The highest BCUT2D eigenvalue weighted by Gasteiger charge is 2.25. The molecule has 5 heteroatoms. The predicted octanol–water partition coefficient (Wildman–Crippen LogP) is 1.14. The molecule has 2 rings (SSSR count). The van der Waals surface area contributed by atoms with Crippen molar-refractivity contribution in [3.8, 4) is 0 Å². The molecule has 2 heterocycles. The fourth-order valence-electron chi connectivity index (χ4n) is 3.26. The minimum absolute atomic E-state index is 0.0648. The van der Waals surface area contributed by atoms with Crippen molar-refractivity contribution in [2.75, 3.05) is 26.2 Å². The summed E-state index contributed by atoms with van der Waals surface area (Å²) >= 11 is 0. The monoisotopic (exact) mass is 295 g/mol. The first-order valence-corrected chi connectivity index (χ1v) is 8.35. The Morgan fingerprint density at radius 2 is 1.95 bits per heavy atom. The van der Waals surface area contributed by atoms with Crippen molar-refractivity contribution in [1.82, 2.24) is 15.5 Å². The molecule has 1 atom stereocenters. The minimum atomic E-state index is 0.0648. The van der Waals surface area contributed by atoms with Crippen molar-refractivity contribution in [1.29, 1.82) is 0 Å². The van der Waals surface area contributed by atoms with Gasteiger partial charge in [0.25, 0.3) is 0 Å². The Labute approximate surface area is 127 Å². The fourth-order valence-corrected chi connectivity index (χ4v) is 3.26. The fraction of sp³-hybridized carbons (Fsp3) is 0.875. The van der Waals surface area contributed by atoms with Crippen LogP contribution in [0, 0.1) is 11.8 Å². The molecule has 2 N–H and O–H groups in total. The van der Waals surface area contributed by atoms with Crippen LogP contribution in [0.5, 0.6) is 0 Å². The van der Waals surface area contributed by atoms with Crippen LogP contribution in [-0.4, -0.2) is 48.9 Å². The summed E-state index contributed by atoms with van der Waals surface area (Å²) in [6.45, 7) is 7.47. The van der Waals surface area contributed by atoms with Crippen molar-refractivity contribution in [3.63, 3.8) is 0 Å². The molecular weight excluding hydrogens is 266 g/mol. The van der Waals surface area contributed by atoms with E-state index in [1.54, 1.807) is 0 Å². The number of nitrogens with zero attached hydrogens (tertiary/aromatic N) is 1. The quantitative estimate of drug-likeness (QED) is 0.817. The SMILES string of the molecule is CC(C)C(=O)N1CCC(NC(=O)CC2CCCNC2)CC1. The van der Waals surface area contributed by atoms with E-state index >= 15 is 0 Å². The second-order valence-electron chi connectivity index (χ2n) is 6.74. The Balaban J connectivity index is 1.68. The number of likely N-dealkylation sites (tertiary alicyclic amines) is 1. The molecule has 2 amide bonds. The van der Waals surface area contributed by atoms with E-state index in [2.05, 4.69) is 10.6 Å². The Bertz CT molecular complexity index is 357. The van der Waals surface area contributed by atoms with Gasteiger partial charge in [0.05, 0.1) is 0 Å². The highest BCUT2D eigenvalue weighted by Crippen LogP contribution is 2.16. The molecule has 0 aliphatic carbocycles. The zero-order valence-electron chi connectivity index (χ0n) is 13.4. The molecule has 0 aromatic rings. The molecule has 0 radical (unpaired) electrons. The van der Waals surface area contributed by atoms with Crippen molar-refractivity contribution in [2.24, 2.45) is 11.8 Å². The van der Waals surface area contributed by atoms with E-state index in [9.17, 15) is 9.59 Å². The van der Waals surface area contributed by atoms with Crippen LogP contribution in [0.1, 0.15) is 46.0 Å². The Morgan fingerprint density at radius 1 is 1.24 bits per heavy atom.